The molecule has 0 aliphatic carbocycles. The van der Waals surface area contributed by atoms with Crippen LogP contribution in [0.25, 0.3) is 0 Å². The average Bonchev–Trinajstić information content (AvgIpc) is 2.28. The molecule has 0 saturated carbocycles. The summed E-state index contributed by atoms with van der Waals surface area (Å²) in [6.07, 6.45) is 1.78. The van der Waals surface area contributed by atoms with E-state index in [1.54, 1.807) is 6.20 Å². The maximum absolute atomic E-state index is 12.2. The molecule has 1 N–H and O–H groups in total. The molecule has 1 amide bonds. The number of likely N-dealkylation sites (N-methyl/N-ethyl adjacent to an activating group) is 1. The Balaban J connectivity index is 2.67. The third kappa shape index (κ3) is 3.81. The second-order valence-corrected chi connectivity index (χ2v) is 5.37. The number of aryl methyl sites for hydroxylation is 1. The van der Waals surface area contributed by atoms with Crippen LogP contribution in [0.15, 0.2) is 18.3 Å². The van der Waals surface area contributed by atoms with Gasteiger partial charge >= 0.3 is 0 Å². The van der Waals surface area contributed by atoms with Gasteiger partial charge in [-0.2, -0.15) is 0 Å². The van der Waals surface area contributed by atoms with Gasteiger partial charge in [0.15, 0.2) is 0 Å². The highest BCUT2D eigenvalue weighted by Gasteiger charge is 2.29. The molecule has 1 rings (SSSR count). The van der Waals surface area contributed by atoms with Gasteiger partial charge in [0, 0.05) is 25.0 Å². The number of aromatic nitrogens is 1. The normalized spacial score (nSPS) is 11.7. The molecule has 4 nitrogen and oxygen atoms in total. The van der Waals surface area contributed by atoms with E-state index in [0.29, 0.717) is 6.54 Å². The SMILES string of the molecule is Cc1ccc(C(C)(C)C(=O)NCCN(C)C)cn1. The predicted octanol–water partition coefficient (Wildman–Crippen LogP) is 1.35. The molecule has 0 radical (unpaired) electrons. The van der Waals surface area contributed by atoms with Crippen LogP contribution in [0, 0.1) is 6.92 Å². The topological polar surface area (TPSA) is 45.2 Å². The molecule has 18 heavy (non-hydrogen) atoms. The predicted molar refractivity (Wildman–Crippen MR) is 73.6 cm³/mol. The highest BCUT2D eigenvalue weighted by atomic mass is 16.2. The van der Waals surface area contributed by atoms with Gasteiger partial charge in [-0.25, -0.2) is 0 Å². The van der Waals surface area contributed by atoms with E-state index in [0.717, 1.165) is 17.8 Å². The van der Waals surface area contributed by atoms with Gasteiger partial charge in [-0.05, 0) is 46.5 Å². The average molecular weight is 249 g/mol. The monoisotopic (exact) mass is 249 g/mol. The number of carbonyl (C=O) groups excluding carboxylic acids is 1. The van der Waals surface area contributed by atoms with Crippen molar-refractivity contribution in [2.45, 2.75) is 26.2 Å². The number of nitrogens with one attached hydrogen (secondary N) is 1. The molecular formula is C14H23N3O. The molecule has 0 aromatic carbocycles. The number of nitrogens with zero attached hydrogens (tertiary/aromatic N) is 2. The van der Waals surface area contributed by atoms with Gasteiger partial charge in [0.25, 0.3) is 0 Å². The van der Waals surface area contributed by atoms with E-state index in [4.69, 9.17) is 0 Å². The van der Waals surface area contributed by atoms with E-state index >= 15 is 0 Å². The second kappa shape index (κ2) is 5.96. The number of rotatable bonds is 5. The zero-order valence-electron chi connectivity index (χ0n) is 11.9. The lowest BCUT2D eigenvalue weighted by Gasteiger charge is -2.24. The van der Waals surface area contributed by atoms with E-state index in [-0.39, 0.29) is 5.91 Å². The highest BCUT2D eigenvalue weighted by Crippen LogP contribution is 2.22. The summed E-state index contributed by atoms with van der Waals surface area (Å²) in [6, 6.07) is 3.90. The van der Waals surface area contributed by atoms with Crippen LogP contribution in [0.2, 0.25) is 0 Å². The maximum Gasteiger partial charge on any atom is 0.230 e. The van der Waals surface area contributed by atoms with Crippen molar-refractivity contribution >= 4 is 5.91 Å². The molecule has 1 aromatic rings. The van der Waals surface area contributed by atoms with Crippen LogP contribution in [0.1, 0.15) is 25.1 Å². The van der Waals surface area contributed by atoms with Crippen molar-refractivity contribution < 1.29 is 4.79 Å². The molecule has 0 aliphatic heterocycles. The summed E-state index contributed by atoms with van der Waals surface area (Å²) < 4.78 is 0. The molecule has 0 saturated heterocycles. The molecule has 4 heteroatoms. The Kier molecular flexibility index (Phi) is 4.84. The van der Waals surface area contributed by atoms with Crippen LogP contribution < -0.4 is 5.32 Å². The van der Waals surface area contributed by atoms with Crippen molar-refractivity contribution in [2.24, 2.45) is 0 Å². The van der Waals surface area contributed by atoms with E-state index in [2.05, 4.69) is 10.3 Å². The Bertz CT molecular complexity index is 396. The van der Waals surface area contributed by atoms with Crippen molar-refractivity contribution in [3.05, 3.63) is 29.6 Å². The largest absolute Gasteiger partial charge is 0.354 e. The third-order valence-corrected chi connectivity index (χ3v) is 3.05. The van der Waals surface area contributed by atoms with Gasteiger partial charge in [-0.1, -0.05) is 6.07 Å². The molecule has 0 bridgehead atoms. The van der Waals surface area contributed by atoms with Crippen molar-refractivity contribution in [3.63, 3.8) is 0 Å². The van der Waals surface area contributed by atoms with Gasteiger partial charge < -0.3 is 10.2 Å². The summed E-state index contributed by atoms with van der Waals surface area (Å²) in [5.74, 6) is 0.0370. The Morgan fingerprint density at radius 2 is 2.06 bits per heavy atom. The lowest BCUT2D eigenvalue weighted by atomic mass is 9.84. The fourth-order valence-electron chi connectivity index (χ4n) is 1.58. The molecule has 0 spiro atoms. The molecule has 1 heterocycles. The summed E-state index contributed by atoms with van der Waals surface area (Å²) in [4.78, 5) is 18.5. The van der Waals surface area contributed by atoms with Crippen LogP contribution in [0.4, 0.5) is 0 Å². The maximum atomic E-state index is 12.2. The smallest absolute Gasteiger partial charge is 0.230 e. The van der Waals surface area contributed by atoms with Crippen molar-refractivity contribution in [1.29, 1.82) is 0 Å². The number of carbonyl (C=O) groups is 1. The van der Waals surface area contributed by atoms with Crippen molar-refractivity contribution in [3.8, 4) is 0 Å². The number of amides is 1. The zero-order chi connectivity index (χ0) is 13.8. The van der Waals surface area contributed by atoms with Gasteiger partial charge in [0.2, 0.25) is 5.91 Å². The van der Waals surface area contributed by atoms with Crippen LogP contribution >= 0.6 is 0 Å². The molecule has 0 aliphatic rings. The lowest BCUT2D eigenvalue weighted by molar-refractivity contribution is -0.125. The highest BCUT2D eigenvalue weighted by molar-refractivity contribution is 5.87. The summed E-state index contributed by atoms with van der Waals surface area (Å²) in [6.45, 7) is 7.28. The Morgan fingerprint density at radius 1 is 1.39 bits per heavy atom. The van der Waals surface area contributed by atoms with Crippen molar-refractivity contribution in [1.82, 2.24) is 15.2 Å². The van der Waals surface area contributed by atoms with Gasteiger partial charge in [-0.15, -0.1) is 0 Å². The van der Waals surface area contributed by atoms with Gasteiger partial charge in [-0.3, -0.25) is 9.78 Å². The van der Waals surface area contributed by atoms with E-state index < -0.39 is 5.41 Å². The molecule has 0 atom stereocenters. The minimum absolute atomic E-state index is 0.0370. The summed E-state index contributed by atoms with van der Waals surface area (Å²) in [5.41, 5.74) is 1.35. The minimum atomic E-state index is -0.549. The first-order valence-corrected chi connectivity index (χ1v) is 6.20. The Hall–Kier alpha value is -1.42. The van der Waals surface area contributed by atoms with E-state index in [1.807, 2.05) is 51.9 Å². The summed E-state index contributed by atoms with van der Waals surface area (Å²) in [5, 5.41) is 2.96. The zero-order valence-corrected chi connectivity index (χ0v) is 11.9. The second-order valence-electron chi connectivity index (χ2n) is 5.37. The lowest BCUT2D eigenvalue weighted by Crippen LogP contribution is -2.42. The van der Waals surface area contributed by atoms with Crippen LogP contribution in [-0.2, 0) is 10.2 Å². The third-order valence-electron chi connectivity index (χ3n) is 3.05. The quantitative estimate of drug-likeness (QED) is 0.856. The van der Waals surface area contributed by atoms with E-state index in [9.17, 15) is 4.79 Å². The molecule has 0 unspecified atom stereocenters. The molecule has 100 valence electrons. The first-order valence-electron chi connectivity index (χ1n) is 6.20. The Labute approximate surface area is 109 Å². The standard InChI is InChI=1S/C14H23N3O/c1-11-6-7-12(10-16-11)14(2,3)13(18)15-8-9-17(4)5/h6-7,10H,8-9H2,1-5H3,(H,15,18). The summed E-state index contributed by atoms with van der Waals surface area (Å²) >= 11 is 0. The molecule has 0 fully saturated rings. The van der Waals surface area contributed by atoms with Crippen LogP contribution in [0.5, 0.6) is 0 Å². The number of pyridine rings is 1. The summed E-state index contributed by atoms with van der Waals surface area (Å²) in [7, 11) is 3.97. The Morgan fingerprint density at radius 3 is 2.56 bits per heavy atom. The number of hydrogen-bond donors (Lipinski definition) is 1. The first-order chi connectivity index (χ1) is 8.34. The van der Waals surface area contributed by atoms with Crippen LogP contribution in [-0.4, -0.2) is 43.0 Å². The fourth-order valence-corrected chi connectivity index (χ4v) is 1.58. The van der Waals surface area contributed by atoms with Gasteiger partial charge in [0.1, 0.15) is 0 Å². The first kappa shape index (κ1) is 14.6. The number of hydrogen-bond acceptors (Lipinski definition) is 3. The van der Waals surface area contributed by atoms with Crippen LogP contribution in [0.3, 0.4) is 0 Å². The van der Waals surface area contributed by atoms with Crippen molar-refractivity contribution in [2.75, 3.05) is 27.2 Å². The fraction of sp³-hybridized carbons (Fsp3) is 0.571. The molecular weight excluding hydrogens is 226 g/mol. The van der Waals surface area contributed by atoms with E-state index in [1.165, 1.54) is 0 Å². The van der Waals surface area contributed by atoms with Gasteiger partial charge in [0.05, 0.1) is 5.41 Å². The minimum Gasteiger partial charge on any atom is -0.354 e. The molecule has 1 aromatic heterocycles.